The first-order chi connectivity index (χ1) is 15.9. The lowest BCUT2D eigenvalue weighted by molar-refractivity contribution is -0.142. The molecule has 178 valence electrons. The molecule has 0 aromatic heterocycles. The first kappa shape index (κ1) is 24.9. The van der Waals surface area contributed by atoms with Crippen molar-refractivity contribution in [3.63, 3.8) is 0 Å². The Hall–Kier alpha value is -2.74. The number of carbonyl (C=O) groups excluding carboxylic acids is 2. The Morgan fingerprint density at radius 1 is 1.06 bits per heavy atom. The molecule has 1 N–H and O–H groups in total. The summed E-state index contributed by atoms with van der Waals surface area (Å²) in [5.41, 5.74) is 0.918. The number of hydrogen-bond acceptors (Lipinski definition) is 5. The van der Waals surface area contributed by atoms with Crippen molar-refractivity contribution in [3.05, 3.63) is 52.5 Å². The molecule has 0 aliphatic heterocycles. The van der Waals surface area contributed by atoms with E-state index in [1.165, 1.54) is 0 Å². The third-order valence-electron chi connectivity index (χ3n) is 5.80. The lowest BCUT2D eigenvalue weighted by Gasteiger charge is -2.29. The fraction of sp³-hybridized carbons (Fsp3) is 0.440. The highest BCUT2D eigenvalue weighted by molar-refractivity contribution is 9.10. The van der Waals surface area contributed by atoms with Crippen molar-refractivity contribution in [1.29, 1.82) is 0 Å². The molecule has 0 radical (unpaired) electrons. The zero-order valence-corrected chi connectivity index (χ0v) is 20.9. The van der Waals surface area contributed by atoms with E-state index in [9.17, 15) is 9.59 Å². The van der Waals surface area contributed by atoms with Gasteiger partial charge in [0.1, 0.15) is 23.3 Å². The number of nitrogens with one attached hydrogen (secondary N) is 1. The van der Waals surface area contributed by atoms with Gasteiger partial charge in [0.15, 0.2) is 6.61 Å². The summed E-state index contributed by atoms with van der Waals surface area (Å²) in [5, 5.41) is 3.10. The molecule has 1 fully saturated rings. The first-order valence-corrected chi connectivity index (χ1v) is 11.9. The molecule has 0 heterocycles. The van der Waals surface area contributed by atoms with Crippen molar-refractivity contribution in [3.8, 4) is 17.2 Å². The normalized spacial score (nSPS) is 14.4. The van der Waals surface area contributed by atoms with Crippen molar-refractivity contribution in [2.24, 2.45) is 0 Å². The third kappa shape index (κ3) is 7.12. The standard InChI is InChI=1S/C25H31BrN2O5/c1-17(25(30)27-20-9-4-5-10-20)28(15-18-7-6-8-19(26)11-18)24(29)16-33-23-13-21(31-2)12-22(14-23)32-3/h6-8,11-14,17,20H,4-5,9-10,15-16H2,1-3H3,(H,27,30). The van der Waals surface area contributed by atoms with E-state index < -0.39 is 6.04 Å². The zero-order valence-electron chi connectivity index (χ0n) is 19.3. The van der Waals surface area contributed by atoms with E-state index in [0.717, 1.165) is 35.7 Å². The predicted octanol–water partition coefficient (Wildman–Crippen LogP) is 4.32. The fourth-order valence-electron chi connectivity index (χ4n) is 3.90. The summed E-state index contributed by atoms with van der Waals surface area (Å²) in [6.07, 6.45) is 4.22. The summed E-state index contributed by atoms with van der Waals surface area (Å²) in [6.45, 7) is 1.84. The number of methoxy groups -OCH3 is 2. The third-order valence-corrected chi connectivity index (χ3v) is 6.29. The summed E-state index contributed by atoms with van der Waals surface area (Å²) < 4.78 is 17.2. The van der Waals surface area contributed by atoms with Gasteiger partial charge in [-0.25, -0.2) is 0 Å². The minimum Gasteiger partial charge on any atom is -0.496 e. The highest BCUT2D eigenvalue weighted by Gasteiger charge is 2.28. The van der Waals surface area contributed by atoms with E-state index >= 15 is 0 Å². The maximum atomic E-state index is 13.2. The van der Waals surface area contributed by atoms with E-state index in [0.29, 0.717) is 23.8 Å². The topological polar surface area (TPSA) is 77.1 Å². The van der Waals surface area contributed by atoms with Gasteiger partial charge in [0.2, 0.25) is 5.91 Å². The van der Waals surface area contributed by atoms with Crippen LogP contribution in [-0.2, 0) is 16.1 Å². The Bertz CT molecular complexity index is 939. The molecular weight excluding hydrogens is 488 g/mol. The smallest absolute Gasteiger partial charge is 0.261 e. The van der Waals surface area contributed by atoms with E-state index in [2.05, 4.69) is 21.2 Å². The van der Waals surface area contributed by atoms with Crippen LogP contribution in [0.1, 0.15) is 38.2 Å². The predicted molar refractivity (Wildman–Crippen MR) is 130 cm³/mol. The first-order valence-electron chi connectivity index (χ1n) is 11.1. The number of halogens is 1. The summed E-state index contributed by atoms with van der Waals surface area (Å²) in [4.78, 5) is 27.8. The van der Waals surface area contributed by atoms with Crippen LogP contribution in [-0.4, -0.2) is 49.6 Å². The number of benzene rings is 2. The molecular formula is C25H31BrN2O5. The molecule has 1 atom stereocenters. The van der Waals surface area contributed by atoms with E-state index in [1.807, 2.05) is 24.3 Å². The molecule has 2 amide bonds. The molecule has 0 spiro atoms. The van der Waals surface area contributed by atoms with Crippen LogP contribution in [0.2, 0.25) is 0 Å². The average Bonchev–Trinajstić information content (AvgIpc) is 3.33. The second-order valence-corrected chi connectivity index (χ2v) is 9.07. The zero-order chi connectivity index (χ0) is 23.8. The van der Waals surface area contributed by atoms with E-state index in [1.54, 1.807) is 44.2 Å². The van der Waals surface area contributed by atoms with Crippen LogP contribution < -0.4 is 19.5 Å². The number of rotatable bonds is 10. The second-order valence-electron chi connectivity index (χ2n) is 8.15. The highest BCUT2D eigenvalue weighted by Crippen LogP contribution is 2.27. The second kappa shape index (κ2) is 11.9. The van der Waals surface area contributed by atoms with Crippen molar-refractivity contribution >= 4 is 27.7 Å². The van der Waals surface area contributed by atoms with Crippen molar-refractivity contribution < 1.29 is 23.8 Å². The molecule has 1 saturated carbocycles. The van der Waals surface area contributed by atoms with Crippen molar-refractivity contribution in [1.82, 2.24) is 10.2 Å². The van der Waals surface area contributed by atoms with Gasteiger partial charge in [-0.15, -0.1) is 0 Å². The van der Waals surface area contributed by atoms with Gasteiger partial charge in [-0.1, -0.05) is 40.9 Å². The molecule has 1 unspecified atom stereocenters. The fourth-order valence-corrected chi connectivity index (χ4v) is 4.35. The van der Waals surface area contributed by atoms with E-state index in [4.69, 9.17) is 14.2 Å². The highest BCUT2D eigenvalue weighted by atomic mass is 79.9. The molecule has 1 aliphatic rings. The molecule has 2 aromatic rings. The lowest BCUT2D eigenvalue weighted by atomic mass is 10.1. The Balaban J connectivity index is 1.74. The van der Waals surface area contributed by atoms with Crippen molar-refractivity contribution in [2.45, 2.75) is 51.2 Å². The number of nitrogens with zero attached hydrogens (tertiary/aromatic N) is 1. The molecule has 0 saturated heterocycles. The van der Waals surface area contributed by atoms with Crippen LogP contribution in [0.5, 0.6) is 17.2 Å². The summed E-state index contributed by atoms with van der Waals surface area (Å²) in [7, 11) is 3.10. The minimum atomic E-state index is -0.638. The largest absolute Gasteiger partial charge is 0.496 e. The lowest BCUT2D eigenvalue weighted by Crippen LogP contribution is -2.50. The number of ether oxygens (including phenoxy) is 3. The van der Waals surface area contributed by atoms with Gasteiger partial charge < -0.3 is 24.4 Å². The van der Waals surface area contributed by atoms with Crippen LogP contribution in [0.15, 0.2) is 46.9 Å². The SMILES string of the molecule is COc1cc(OC)cc(OCC(=O)N(Cc2cccc(Br)c2)C(C)C(=O)NC2CCCC2)c1. The van der Waals surface area contributed by atoms with Gasteiger partial charge in [0, 0.05) is 35.3 Å². The van der Waals surface area contributed by atoms with Gasteiger partial charge >= 0.3 is 0 Å². The molecule has 0 bridgehead atoms. The van der Waals surface area contributed by atoms with Gasteiger partial charge in [-0.2, -0.15) is 0 Å². The Kier molecular flexibility index (Phi) is 9.00. The molecule has 33 heavy (non-hydrogen) atoms. The Labute approximate surface area is 203 Å². The van der Waals surface area contributed by atoms with Crippen LogP contribution >= 0.6 is 15.9 Å². The summed E-state index contributed by atoms with van der Waals surface area (Å²) >= 11 is 3.47. The van der Waals surface area contributed by atoms with Gasteiger partial charge in [0.25, 0.3) is 5.91 Å². The van der Waals surface area contributed by atoms with Gasteiger partial charge in [-0.05, 0) is 37.5 Å². The molecule has 7 nitrogen and oxygen atoms in total. The van der Waals surface area contributed by atoms with Crippen LogP contribution in [0.3, 0.4) is 0 Å². The molecule has 2 aromatic carbocycles. The van der Waals surface area contributed by atoms with Gasteiger partial charge in [-0.3, -0.25) is 9.59 Å². The van der Waals surface area contributed by atoms with Crippen LogP contribution in [0.25, 0.3) is 0 Å². The maximum Gasteiger partial charge on any atom is 0.261 e. The average molecular weight is 519 g/mol. The number of amides is 2. The number of carbonyl (C=O) groups is 2. The van der Waals surface area contributed by atoms with Crippen molar-refractivity contribution in [2.75, 3.05) is 20.8 Å². The minimum absolute atomic E-state index is 0.145. The quantitative estimate of drug-likeness (QED) is 0.506. The monoisotopic (exact) mass is 518 g/mol. The molecule has 8 heteroatoms. The van der Waals surface area contributed by atoms with Gasteiger partial charge in [0.05, 0.1) is 14.2 Å². The Morgan fingerprint density at radius 2 is 1.70 bits per heavy atom. The van der Waals surface area contributed by atoms with Crippen LogP contribution in [0.4, 0.5) is 0 Å². The summed E-state index contributed by atoms with van der Waals surface area (Å²) in [5.74, 6) is 1.14. The van der Waals surface area contributed by atoms with E-state index in [-0.39, 0.29) is 24.5 Å². The summed E-state index contributed by atoms with van der Waals surface area (Å²) in [6, 6.07) is 12.3. The maximum absolute atomic E-state index is 13.2. The molecule has 3 rings (SSSR count). The Morgan fingerprint density at radius 3 is 2.30 bits per heavy atom. The van der Waals surface area contributed by atoms with Crippen LogP contribution in [0, 0.1) is 0 Å². The number of hydrogen-bond donors (Lipinski definition) is 1. The molecule has 1 aliphatic carbocycles.